The number of carbonyl (C=O) groups is 1. The zero-order valence-corrected chi connectivity index (χ0v) is 26.0. The number of aliphatic hydroxyl groups excluding tert-OH is 2. The molecule has 3 fully saturated rings. The maximum absolute atomic E-state index is 14.0. The van der Waals surface area contributed by atoms with Gasteiger partial charge < -0.3 is 34.3 Å². The van der Waals surface area contributed by atoms with E-state index < -0.39 is 47.7 Å². The van der Waals surface area contributed by atoms with Gasteiger partial charge in [-0.1, -0.05) is 64.5 Å². The van der Waals surface area contributed by atoms with Crippen LogP contribution in [0.3, 0.4) is 0 Å². The van der Waals surface area contributed by atoms with Crippen molar-refractivity contribution in [3.63, 3.8) is 0 Å². The topological polar surface area (TPSA) is 115 Å². The summed E-state index contributed by atoms with van der Waals surface area (Å²) in [7, 11) is 0. The van der Waals surface area contributed by atoms with Crippen LogP contribution < -0.4 is 0 Å². The van der Waals surface area contributed by atoms with E-state index in [1.807, 2.05) is 26.0 Å². The number of rotatable bonds is 2. The summed E-state index contributed by atoms with van der Waals surface area (Å²) >= 11 is 0. The molecule has 0 amide bonds. The maximum Gasteiger partial charge on any atom is 0.316 e. The fraction of sp³-hybridized carbons (Fsp3) is 0.735. The molecule has 42 heavy (non-hydrogen) atoms. The largest absolute Gasteiger partial charge is 0.462 e. The van der Waals surface area contributed by atoms with Gasteiger partial charge in [-0.05, 0) is 55.2 Å². The van der Waals surface area contributed by atoms with Crippen molar-refractivity contribution in [2.45, 2.75) is 128 Å². The third-order valence-electron chi connectivity index (χ3n) is 10.5. The predicted molar refractivity (Wildman–Crippen MR) is 158 cm³/mol. The lowest BCUT2D eigenvalue weighted by Crippen LogP contribution is -2.58. The van der Waals surface area contributed by atoms with Crippen molar-refractivity contribution in [3.8, 4) is 0 Å². The minimum atomic E-state index is -1.75. The Morgan fingerprint density at radius 2 is 1.86 bits per heavy atom. The average Bonchev–Trinajstić information content (AvgIpc) is 3.30. The van der Waals surface area contributed by atoms with Crippen LogP contribution in [-0.4, -0.2) is 75.9 Å². The van der Waals surface area contributed by atoms with E-state index in [-0.39, 0.29) is 24.7 Å². The Labute approximate surface area is 250 Å². The molecule has 8 heteroatoms. The van der Waals surface area contributed by atoms with Gasteiger partial charge in [0.25, 0.3) is 0 Å². The van der Waals surface area contributed by atoms with Crippen molar-refractivity contribution < 1.29 is 39.1 Å². The first kappa shape index (κ1) is 31.6. The molecule has 4 aliphatic heterocycles. The molecule has 12 atom stereocenters. The van der Waals surface area contributed by atoms with Crippen molar-refractivity contribution in [2.75, 3.05) is 6.61 Å². The second kappa shape index (κ2) is 12.3. The van der Waals surface area contributed by atoms with Crippen LogP contribution in [0.25, 0.3) is 0 Å². The average molecular weight is 587 g/mol. The number of esters is 1. The van der Waals surface area contributed by atoms with Crippen molar-refractivity contribution in [2.24, 2.45) is 23.7 Å². The fourth-order valence-electron chi connectivity index (χ4n) is 7.55. The molecule has 5 aliphatic rings. The summed E-state index contributed by atoms with van der Waals surface area (Å²) in [5, 5.41) is 34.0. The molecule has 0 aromatic heterocycles. The molecule has 8 nitrogen and oxygen atoms in total. The van der Waals surface area contributed by atoms with Gasteiger partial charge in [0.1, 0.15) is 29.8 Å². The number of hydrogen-bond acceptors (Lipinski definition) is 8. The van der Waals surface area contributed by atoms with Crippen LogP contribution in [0, 0.1) is 23.7 Å². The van der Waals surface area contributed by atoms with Gasteiger partial charge >= 0.3 is 5.97 Å². The first-order chi connectivity index (χ1) is 19.9. The van der Waals surface area contributed by atoms with E-state index in [4.69, 9.17) is 18.9 Å². The van der Waals surface area contributed by atoms with Gasteiger partial charge in [0.2, 0.25) is 0 Å². The number of hydrogen-bond donors (Lipinski definition) is 3. The van der Waals surface area contributed by atoms with E-state index in [0.717, 1.165) is 18.4 Å². The van der Waals surface area contributed by atoms with Gasteiger partial charge in [0.05, 0.1) is 24.9 Å². The van der Waals surface area contributed by atoms with Crippen LogP contribution in [0.4, 0.5) is 0 Å². The quantitative estimate of drug-likeness (QED) is 0.320. The summed E-state index contributed by atoms with van der Waals surface area (Å²) in [6.45, 7) is 12.3. The van der Waals surface area contributed by atoms with Gasteiger partial charge in [-0.25, -0.2) is 0 Å². The number of carbonyl (C=O) groups excluding carboxylic acids is 1. The van der Waals surface area contributed by atoms with Gasteiger partial charge in [0, 0.05) is 25.2 Å². The highest BCUT2D eigenvalue weighted by atomic mass is 16.7. The third-order valence-corrected chi connectivity index (χ3v) is 10.5. The smallest absolute Gasteiger partial charge is 0.316 e. The van der Waals surface area contributed by atoms with E-state index in [1.54, 1.807) is 25.2 Å². The first-order valence-corrected chi connectivity index (χ1v) is 15.9. The van der Waals surface area contributed by atoms with Crippen LogP contribution in [0.2, 0.25) is 0 Å². The Hall–Kier alpha value is -1.81. The van der Waals surface area contributed by atoms with Gasteiger partial charge in [0.15, 0.2) is 5.79 Å². The zero-order valence-electron chi connectivity index (χ0n) is 26.0. The van der Waals surface area contributed by atoms with Crippen LogP contribution in [-0.2, 0) is 23.7 Å². The number of aliphatic hydroxyl groups is 3. The molecule has 1 spiro atoms. The van der Waals surface area contributed by atoms with E-state index in [2.05, 4.69) is 20.8 Å². The van der Waals surface area contributed by atoms with E-state index in [0.29, 0.717) is 48.7 Å². The standard InChI is InChI=1S/C34H50O8/c1-7-19(2)30-22(5)13-14-33(42-30)17-26-16-25(41-33)12-11-21(4)28(35)20(3)9-8-10-24-18-39-31-29(36)23(6)15-27(32(37)40-26)34(24,31)38/h8-11,15,19-20,22,25-31,35-36,38H,7,12-14,16-18H2,1-6H3/b9-8+,21-11+,24-10+/t19-,20-,22-,25+,26-,27-,28+,29+,30+,31+,33+,34+/m0/s1. The molecule has 0 radical (unpaired) electrons. The van der Waals surface area contributed by atoms with Gasteiger partial charge in [-0.15, -0.1) is 0 Å². The molecule has 0 saturated carbocycles. The Morgan fingerprint density at radius 3 is 2.60 bits per heavy atom. The molecule has 0 aromatic rings. The first-order valence-electron chi connectivity index (χ1n) is 15.9. The minimum absolute atomic E-state index is 0.0404. The molecule has 0 unspecified atom stereocenters. The van der Waals surface area contributed by atoms with Crippen LogP contribution in [0.15, 0.2) is 47.1 Å². The summed E-state index contributed by atoms with van der Waals surface area (Å²) < 4.78 is 25.7. The van der Waals surface area contributed by atoms with Crippen molar-refractivity contribution in [1.29, 1.82) is 0 Å². The highest BCUT2D eigenvalue weighted by Gasteiger charge is 2.60. The molecular formula is C34H50O8. The molecule has 1 aliphatic carbocycles. The van der Waals surface area contributed by atoms with Crippen LogP contribution >= 0.6 is 0 Å². The Morgan fingerprint density at radius 1 is 1.10 bits per heavy atom. The number of fused-ring (bicyclic) bond motifs is 2. The van der Waals surface area contributed by atoms with Crippen molar-refractivity contribution in [1.82, 2.24) is 0 Å². The van der Waals surface area contributed by atoms with Crippen molar-refractivity contribution >= 4 is 5.97 Å². The molecule has 3 saturated heterocycles. The van der Waals surface area contributed by atoms with E-state index >= 15 is 0 Å². The summed E-state index contributed by atoms with van der Waals surface area (Å²) in [6, 6.07) is 0. The van der Waals surface area contributed by atoms with Crippen LogP contribution in [0.1, 0.15) is 80.1 Å². The Bertz CT molecular complexity index is 1140. The van der Waals surface area contributed by atoms with E-state index in [1.165, 1.54) is 0 Å². The zero-order chi connectivity index (χ0) is 30.4. The molecular weight excluding hydrogens is 536 g/mol. The fourth-order valence-corrected chi connectivity index (χ4v) is 7.55. The Balaban J connectivity index is 1.53. The molecule has 4 heterocycles. The second-order valence-electron chi connectivity index (χ2n) is 13.6. The second-order valence-corrected chi connectivity index (χ2v) is 13.6. The summed E-state index contributed by atoms with van der Waals surface area (Å²) in [4.78, 5) is 14.0. The molecule has 2 bridgehead atoms. The summed E-state index contributed by atoms with van der Waals surface area (Å²) in [5.74, 6) is -1.88. The summed E-state index contributed by atoms with van der Waals surface area (Å²) in [5.41, 5.74) is 0.156. The Kier molecular flexibility index (Phi) is 9.25. The third kappa shape index (κ3) is 5.83. The molecule has 234 valence electrons. The van der Waals surface area contributed by atoms with Crippen molar-refractivity contribution in [3.05, 3.63) is 47.1 Å². The maximum atomic E-state index is 14.0. The predicted octanol–water partition coefficient (Wildman–Crippen LogP) is 4.53. The lowest BCUT2D eigenvalue weighted by Gasteiger charge is -2.51. The highest BCUT2D eigenvalue weighted by molar-refractivity contribution is 5.78. The lowest BCUT2D eigenvalue weighted by molar-refractivity contribution is -0.340. The highest BCUT2D eigenvalue weighted by Crippen LogP contribution is 2.47. The number of allylic oxidation sites excluding steroid dienone is 2. The monoisotopic (exact) mass is 586 g/mol. The van der Waals surface area contributed by atoms with E-state index in [9.17, 15) is 20.1 Å². The SMILES string of the molecule is CC[C@H](C)[C@H]1O[C@]2(CC[C@@H]1C)C[C@@H]1C[C@@H](C/C=C(\C)[C@H](O)[C@@H](C)/C=C/C=C3\CO[C@@H]4[C@H](O)C(C)=C[C@@H](C(=O)O1)[C@]34O)O2. The van der Waals surface area contributed by atoms with Gasteiger partial charge in [-0.3, -0.25) is 4.79 Å². The normalized spacial score (nSPS) is 48.6. The minimum Gasteiger partial charge on any atom is -0.462 e. The lowest BCUT2D eigenvalue weighted by atomic mass is 9.71. The molecule has 5 rings (SSSR count). The number of ether oxygens (including phenoxy) is 4. The van der Waals surface area contributed by atoms with Crippen LogP contribution in [0.5, 0.6) is 0 Å². The molecule has 3 N–H and O–H groups in total. The molecule has 0 aromatic carbocycles. The summed E-state index contributed by atoms with van der Waals surface area (Å²) in [6.07, 6.45) is 9.73. The van der Waals surface area contributed by atoms with Gasteiger partial charge in [-0.2, -0.15) is 0 Å².